The van der Waals surface area contributed by atoms with E-state index in [1.165, 1.54) is 0 Å². The van der Waals surface area contributed by atoms with Gasteiger partial charge in [-0.15, -0.1) is 24.3 Å². The first-order valence-electron chi connectivity index (χ1n) is 20.1. The van der Waals surface area contributed by atoms with Gasteiger partial charge in [0.05, 0.1) is 88.6 Å². The van der Waals surface area contributed by atoms with E-state index in [0.29, 0.717) is 113 Å². The molecule has 375 valence electrons. The Hall–Kier alpha value is -5.65. The van der Waals surface area contributed by atoms with Gasteiger partial charge in [-0.3, -0.25) is 27.5 Å². The zero-order chi connectivity index (χ0) is 49.4. The molecule has 69 heavy (non-hydrogen) atoms. The molecule has 1 radical (unpaired) electrons. The van der Waals surface area contributed by atoms with Crippen molar-refractivity contribution in [1.29, 1.82) is 0 Å². The van der Waals surface area contributed by atoms with Crippen LogP contribution >= 0.6 is 0 Å². The van der Waals surface area contributed by atoms with Gasteiger partial charge in [0, 0.05) is 80.3 Å². The Labute approximate surface area is 402 Å². The summed E-state index contributed by atoms with van der Waals surface area (Å²) in [7, 11) is 0. The van der Waals surface area contributed by atoms with E-state index in [1.54, 1.807) is 24.5 Å². The van der Waals surface area contributed by atoms with Gasteiger partial charge in [0.15, 0.2) is 0 Å². The Morgan fingerprint density at radius 3 is 1.13 bits per heavy atom. The topological polar surface area (TPSA) is 147 Å². The normalized spacial score (nSPS) is 11.1. The van der Waals surface area contributed by atoms with Crippen molar-refractivity contribution in [3.63, 3.8) is 0 Å². The number of aromatic nitrogens is 4. The maximum Gasteiger partial charge on any atom is 0.417 e. The van der Waals surface area contributed by atoms with Crippen molar-refractivity contribution in [3.05, 3.63) is 144 Å². The minimum atomic E-state index is -4.50. The maximum atomic E-state index is 13.3. The fourth-order valence-electron chi connectivity index (χ4n) is 5.19. The summed E-state index contributed by atoms with van der Waals surface area (Å²) < 4.78 is 158. The van der Waals surface area contributed by atoms with Gasteiger partial charge in [-0.25, -0.2) is 0 Å². The van der Waals surface area contributed by atoms with Crippen molar-refractivity contribution in [2.24, 2.45) is 0 Å². The summed E-state index contributed by atoms with van der Waals surface area (Å²) in [4.78, 5) is 15.7. The number of nitrogens with zero attached hydrogens (tertiary/aromatic N) is 4. The van der Waals surface area contributed by atoms with Crippen LogP contribution < -0.4 is 9.47 Å². The number of halogens is 10. The van der Waals surface area contributed by atoms with Gasteiger partial charge in [0.25, 0.3) is 0 Å². The Balaban J connectivity index is 0.000000291. The number of aliphatic hydroxyl groups excluding tert-OH is 2. The SMILES string of the molecule is Fc1c[c-]c(-c2ccc(C(F)(F)F)cn2)c(F)c1.Fc1c[c-]c(-c2ccc(C(F)(F)F)cn2)c(F)c1.OCCOCCOCCOc1ccnc(-c2cc(OCCOCCOCCO)ccn2)c1.[Ir]. The molecule has 0 saturated heterocycles. The van der Waals surface area contributed by atoms with Gasteiger partial charge in [-0.2, -0.15) is 26.3 Å². The van der Waals surface area contributed by atoms with Crippen LogP contribution in [-0.2, 0) is 51.4 Å². The molecule has 4 heterocycles. The molecule has 2 aromatic carbocycles. The van der Waals surface area contributed by atoms with Gasteiger partial charge < -0.3 is 48.6 Å². The fourth-order valence-corrected chi connectivity index (χ4v) is 5.19. The first-order valence-corrected chi connectivity index (χ1v) is 20.1. The molecule has 0 unspecified atom stereocenters. The van der Waals surface area contributed by atoms with Crippen LogP contribution in [0.2, 0.25) is 0 Å². The second kappa shape index (κ2) is 30.1. The zero-order valence-corrected chi connectivity index (χ0v) is 38.4. The van der Waals surface area contributed by atoms with Crippen molar-refractivity contribution in [3.8, 4) is 45.4 Å². The second-order valence-electron chi connectivity index (χ2n) is 13.3. The van der Waals surface area contributed by atoms with Crippen LogP contribution in [-0.4, -0.2) is 109 Å². The number of benzene rings is 2. The molecule has 0 amide bonds. The van der Waals surface area contributed by atoms with E-state index < -0.39 is 46.7 Å². The number of hydrogen-bond acceptors (Lipinski definition) is 12. The predicted octanol–water partition coefficient (Wildman–Crippen LogP) is 8.64. The molecule has 0 atom stereocenters. The Morgan fingerprint density at radius 1 is 0.449 bits per heavy atom. The molecule has 0 spiro atoms. The quantitative estimate of drug-likeness (QED) is 0.0404. The summed E-state index contributed by atoms with van der Waals surface area (Å²) in [6, 6.07) is 18.3. The molecule has 0 aliphatic carbocycles. The van der Waals surface area contributed by atoms with Crippen LogP contribution in [0.15, 0.2) is 97.6 Å². The van der Waals surface area contributed by atoms with E-state index >= 15 is 0 Å². The number of alkyl halides is 6. The van der Waals surface area contributed by atoms with Crippen molar-refractivity contribution in [2.75, 3.05) is 79.3 Å². The third-order valence-corrected chi connectivity index (χ3v) is 8.34. The summed E-state index contributed by atoms with van der Waals surface area (Å²) >= 11 is 0. The van der Waals surface area contributed by atoms with Crippen molar-refractivity contribution in [2.45, 2.75) is 12.4 Å². The molecule has 4 aromatic heterocycles. The van der Waals surface area contributed by atoms with Gasteiger partial charge in [0.1, 0.15) is 24.7 Å². The number of ether oxygens (including phenoxy) is 6. The molecule has 0 aliphatic rings. The maximum absolute atomic E-state index is 13.3. The van der Waals surface area contributed by atoms with Gasteiger partial charge in [-0.05, 0) is 23.5 Å². The average molecular weight is 1160 g/mol. The van der Waals surface area contributed by atoms with E-state index in [4.69, 9.17) is 38.6 Å². The predicted molar refractivity (Wildman–Crippen MR) is 223 cm³/mol. The van der Waals surface area contributed by atoms with E-state index in [-0.39, 0.29) is 55.8 Å². The standard InChI is InChI=1S/C22H32N2O8.2C12H5F5N.Ir/c25-5-7-27-9-11-29-13-15-31-19-1-3-23-21(17-19)22-18-20(2-4-24-22)32-16-14-30-12-10-28-8-6-26;2*13-8-2-3-9(10(14)5-8)11-4-1-7(6-18-11)12(15,16)17;/h1-4,17-18,25-26H,5-16H2;2*1-2,4-6H;/q;2*-1;. The van der Waals surface area contributed by atoms with E-state index in [2.05, 4.69) is 32.1 Å². The van der Waals surface area contributed by atoms with E-state index in [9.17, 15) is 43.9 Å². The molecule has 6 rings (SSSR count). The summed E-state index contributed by atoms with van der Waals surface area (Å²) in [6.45, 7) is 4.07. The first kappa shape index (κ1) is 57.7. The van der Waals surface area contributed by atoms with Crippen LogP contribution in [0, 0.1) is 35.4 Å². The zero-order valence-electron chi connectivity index (χ0n) is 36.0. The van der Waals surface area contributed by atoms with Gasteiger partial charge in [-0.1, -0.05) is 47.5 Å². The van der Waals surface area contributed by atoms with Crippen LogP contribution in [0.4, 0.5) is 43.9 Å². The summed E-state index contributed by atoms with van der Waals surface area (Å²) in [5.41, 5.74) is -0.967. The second-order valence-corrected chi connectivity index (χ2v) is 13.3. The van der Waals surface area contributed by atoms with Crippen molar-refractivity contribution in [1.82, 2.24) is 19.9 Å². The third kappa shape index (κ3) is 20.9. The van der Waals surface area contributed by atoms with E-state index in [1.807, 2.05) is 12.1 Å². The molecule has 23 heteroatoms. The summed E-state index contributed by atoms with van der Waals surface area (Å²) in [5, 5.41) is 17.2. The number of rotatable bonds is 21. The number of pyridine rings is 4. The van der Waals surface area contributed by atoms with Crippen LogP contribution in [0.1, 0.15) is 11.1 Å². The Bertz CT molecular complexity index is 2240. The molecule has 6 aromatic rings. The molecular formula is C46H42F10IrN4O8-2. The number of hydrogen-bond donors (Lipinski definition) is 2. The largest absolute Gasteiger partial charge is 0.491 e. The molecule has 0 aliphatic heterocycles. The monoisotopic (exact) mass is 1160 g/mol. The molecular weight excluding hydrogens is 1120 g/mol. The molecule has 0 bridgehead atoms. The first-order chi connectivity index (χ1) is 32.6. The smallest absolute Gasteiger partial charge is 0.417 e. The minimum absolute atomic E-state index is 0. The van der Waals surface area contributed by atoms with Crippen LogP contribution in [0.5, 0.6) is 11.5 Å². The van der Waals surface area contributed by atoms with Crippen LogP contribution in [0.25, 0.3) is 33.9 Å². The molecule has 0 saturated carbocycles. The van der Waals surface area contributed by atoms with Crippen LogP contribution in [0.3, 0.4) is 0 Å². The fraction of sp³-hybridized carbons (Fsp3) is 0.304. The summed E-state index contributed by atoms with van der Waals surface area (Å²) in [5.74, 6) is -2.16. The Kier molecular flexibility index (Phi) is 25.1. The molecule has 2 N–H and O–H groups in total. The van der Waals surface area contributed by atoms with Crippen molar-refractivity contribution >= 4 is 0 Å². The molecule has 0 fully saturated rings. The molecule has 12 nitrogen and oxygen atoms in total. The van der Waals surface area contributed by atoms with Gasteiger partial charge in [0.2, 0.25) is 0 Å². The summed E-state index contributed by atoms with van der Waals surface area (Å²) in [6.07, 6.45) is -4.50. The van der Waals surface area contributed by atoms with Gasteiger partial charge >= 0.3 is 12.4 Å². The van der Waals surface area contributed by atoms with Crippen molar-refractivity contribution < 1.29 is 103 Å². The average Bonchev–Trinajstić information content (AvgIpc) is 3.31. The minimum Gasteiger partial charge on any atom is -0.491 e. The number of aliphatic hydroxyl groups is 2. The van der Waals surface area contributed by atoms with E-state index in [0.717, 1.165) is 36.4 Å². The third-order valence-electron chi connectivity index (χ3n) is 8.34. The Morgan fingerprint density at radius 2 is 0.812 bits per heavy atom.